The van der Waals surface area contributed by atoms with Crippen LogP contribution in [0.5, 0.6) is 5.75 Å². The van der Waals surface area contributed by atoms with Crippen molar-refractivity contribution < 1.29 is 18.8 Å². The number of rotatable bonds is 6. The van der Waals surface area contributed by atoms with Crippen molar-refractivity contribution in [3.8, 4) is 5.75 Å². The Morgan fingerprint density at radius 2 is 1.90 bits per heavy atom. The van der Waals surface area contributed by atoms with Crippen LogP contribution in [0, 0.1) is 5.82 Å². The average Bonchev–Trinajstić information content (AvgIpc) is 2.46. The number of nitrogens with one attached hydrogen (secondary N) is 1. The van der Waals surface area contributed by atoms with Crippen molar-refractivity contribution in [2.24, 2.45) is 0 Å². The summed E-state index contributed by atoms with van der Waals surface area (Å²) in [5.41, 5.74) is 3.20. The van der Waals surface area contributed by atoms with E-state index in [1.165, 1.54) is 18.2 Å². The van der Waals surface area contributed by atoms with E-state index in [4.69, 9.17) is 9.57 Å². The van der Waals surface area contributed by atoms with Crippen LogP contribution in [0.2, 0.25) is 0 Å². The molecule has 0 fully saturated rings. The Hall–Kier alpha value is -2.40. The summed E-state index contributed by atoms with van der Waals surface area (Å²) >= 11 is 0. The maximum absolute atomic E-state index is 12.9. The van der Waals surface area contributed by atoms with E-state index in [0.717, 1.165) is 5.56 Å². The second kappa shape index (κ2) is 7.25. The molecule has 0 atom stereocenters. The van der Waals surface area contributed by atoms with Gasteiger partial charge in [0.05, 0.1) is 6.61 Å². The van der Waals surface area contributed by atoms with Gasteiger partial charge in [0.1, 0.15) is 11.6 Å². The molecule has 1 N–H and O–H groups in total. The number of amides is 1. The molecule has 104 valence electrons. The van der Waals surface area contributed by atoms with E-state index >= 15 is 0 Å². The fraction of sp³-hybridized carbons (Fsp3) is 0.133. The first kappa shape index (κ1) is 14.0. The molecule has 0 unspecified atom stereocenters. The van der Waals surface area contributed by atoms with Crippen molar-refractivity contribution in [1.82, 2.24) is 5.48 Å². The lowest BCUT2D eigenvalue weighted by Crippen LogP contribution is -2.28. The van der Waals surface area contributed by atoms with E-state index in [9.17, 15) is 9.18 Å². The van der Waals surface area contributed by atoms with Gasteiger partial charge in [-0.25, -0.2) is 9.87 Å². The highest BCUT2D eigenvalue weighted by molar-refractivity contribution is 5.76. The third kappa shape index (κ3) is 4.70. The largest absolute Gasteiger partial charge is 0.484 e. The molecule has 0 aliphatic carbocycles. The molecule has 0 aliphatic rings. The van der Waals surface area contributed by atoms with Crippen LogP contribution in [-0.4, -0.2) is 12.5 Å². The first-order valence-corrected chi connectivity index (χ1v) is 6.07. The third-order valence-corrected chi connectivity index (χ3v) is 2.43. The minimum Gasteiger partial charge on any atom is -0.484 e. The number of hydroxylamine groups is 1. The summed E-state index contributed by atoms with van der Waals surface area (Å²) in [6.45, 7) is 0.0325. The maximum Gasteiger partial charge on any atom is 0.281 e. The molecule has 0 aliphatic heterocycles. The molecule has 4 nitrogen and oxygen atoms in total. The van der Waals surface area contributed by atoms with Gasteiger partial charge in [0, 0.05) is 6.07 Å². The van der Waals surface area contributed by atoms with E-state index in [2.05, 4.69) is 5.48 Å². The summed E-state index contributed by atoms with van der Waals surface area (Å²) in [6.07, 6.45) is 0. The van der Waals surface area contributed by atoms with Gasteiger partial charge in [-0.15, -0.1) is 0 Å². The molecular weight excluding hydrogens is 261 g/mol. The minimum atomic E-state index is -0.440. The Balaban J connectivity index is 1.68. The van der Waals surface area contributed by atoms with Gasteiger partial charge in [0.25, 0.3) is 5.91 Å². The Morgan fingerprint density at radius 3 is 2.65 bits per heavy atom. The molecule has 5 heteroatoms. The van der Waals surface area contributed by atoms with Crippen LogP contribution in [-0.2, 0) is 16.2 Å². The minimum absolute atomic E-state index is 0.238. The Morgan fingerprint density at radius 1 is 1.10 bits per heavy atom. The van der Waals surface area contributed by atoms with Crippen molar-refractivity contribution in [1.29, 1.82) is 0 Å². The number of benzene rings is 2. The number of hydrogen-bond acceptors (Lipinski definition) is 3. The van der Waals surface area contributed by atoms with Gasteiger partial charge in [-0.3, -0.25) is 9.63 Å². The zero-order valence-corrected chi connectivity index (χ0v) is 10.7. The predicted molar refractivity (Wildman–Crippen MR) is 71.3 cm³/mol. The topological polar surface area (TPSA) is 47.6 Å². The number of halogens is 1. The fourth-order valence-electron chi connectivity index (χ4n) is 1.51. The average molecular weight is 275 g/mol. The van der Waals surface area contributed by atoms with Crippen LogP contribution in [0.15, 0.2) is 54.6 Å². The van der Waals surface area contributed by atoms with E-state index < -0.39 is 11.7 Å². The quantitative estimate of drug-likeness (QED) is 0.824. The molecule has 20 heavy (non-hydrogen) atoms. The van der Waals surface area contributed by atoms with Crippen LogP contribution in [0.1, 0.15) is 5.56 Å². The lowest BCUT2D eigenvalue weighted by molar-refractivity contribution is -0.136. The van der Waals surface area contributed by atoms with Crippen LogP contribution in [0.25, 0.3) is 0 Å². The second-order valence-electron chi connectivity index (χ2n) is 4.05. The lowest BCUT2D eigenvalue weighted by Gasteiger charge is -2.07. The number of carbonyl (C=O) groups excluding carboxylic acids is 1. The van der Waals surface area contributed by atoms with Gasteiger partial charge in [-0.1, -0.05) is 36.4 Å². The zero-order valence-electron chi connectivity index (χ0n) is 10.7. The van der Waals surface area contributed by atoms with Gasteiger partial charge in [0.2, 0.25) is 0 Å². The smallest absolute Gasteiger partial charge is 0.281 e. The summed E-state index contributed by atoms with van der Waals surface area (Å²) in [5, 5.41) is 0. The normalized spacial score (nSPS) is 10.1. The molecule has 0 saturated carbocycles. The standard InChI is InChI=1S/C15H14FNO3/c16-13-7-4-8-14(9-13)19-11-15(18)17-20-10-12-5-2-1-3-6-12/h1-9H,10-11H2,(H,17,18). The fourth-order valence-corrected chi connectivity index (χ4v) is 1.51. The van der Waals surface area contributed by atoms with Gasteiger partial charge in [-0.2, -0.15) is 0 Å². The molecule has 2 aromatic rings. The van der Waals surface area contributed by atoms with Gasteiger partial charge < -0.3 is 4.74 Å². The Kier molecular flexibility index (Phi) is 5.08. The molecule has 1 amide bonds. The molecular formula is C15H14FNO3. The molecule has 0 bridgehead atoms. The van der Waals surface area contributed by atoms with Crippen LogP contribution in [0.3, 0.4) is 0 Å². The second-order valence-corrected chi connectivity index (χ2v) is 4.05. The highest BCUT2D eigenvalue weighted by Crippen LogP contribution is 2.11. The first-order valence-electron chi connectivity index (χ1n) is 6.07. The van der Waals surface area contributed by atoms with Crippen molar-refractivity contribution in [2.45, 2.75) is 6.61 Å². The SMILES string of the molecule is O=C(COc1cccc(F)c1)NOCc1ccccc1. The van der Waals surface area contributed by atoms with E-state index in [1.54, 1.807) is 6.07 Å². The molecule has 0 heterocycles. The molecule has 0 aromatic heterocycles. The van der Waals surface area contributed by atoms with E-state index in [0.29, 0.717) is 5.75 Å². The highest BCUT2D eigenvalue weighted by Gasteiger charge is 2.03. The van der Waals surface area contributed by atoms with E-state index in [-0.39, 0.29) is 13.2 Å². The van der Waals surface area contributed by atoms with Gasteiger partial charge in [-0.05, 0) is 17.7 Å². The molecule has 2 aromatic carbocycles. The monoisotopic (exact) mass is 275 g/mol. The summed E-state index contributed by atoms with van der Waals surface area (Å²) in [6, 6.07) is 15.0. The third-order valence-electron chi connectivity index (χ3n) is 2.43. The first-order chi connectivity index (χ1) is 9.74. The van der Waals surface area contributed by atoms with Crippen molar-refractivity contribution in [3.63, 3.8) is 0 Å². The number of carbonyl (C=O) groups is 1. The van der Waals surface area contributed by atoms with Crippen LogP contribution < -0.4 is 10.2 Å². The number of hydrogen-bond donors (Lipinski definition) is 1. The molecule has 0 radical (unpaired) electrons. The summed E-state index contributed by atoms with van der Waals surface area (Å²) in [7, 11) is 0. The Bertz CT molecular complexity index is 560. The zero-order chi connectivity index (χ0) is 14.2. The Labute approximate surface area is 116 Å². The van der Waals surface area contributed by atoms with Crippen molar-refractivity contribution in [3.05, 3.63) is 66.0 Å². The summed E-state index contributed by atoms with van der Waals surface area (Å²) in [5.74, 6) is -0.559. The summed E-state index contributed by atoms with van der Waals surface area (Å²) < 4.78 is 18.0. The van der Waals surface area contributed by atoms with Crippen LogP contribution >= 0.6 is 0 Å². The lowest BCUT2D eigenvalue weighted by atomic mass is 10.2. The summed E-state index contributed by atoms with van der Waals surface area (Å²) in [4.78, 5) is 16.5. The van der Waals surface area contributed by atoms with Crippen molar-refractivity contribution in [2.75, 3.05) is 6.61 Å². The maximum atomic E-state index is 12.9. The molecule has 0 spiro atoms. The molecule has 2 rings (SSSR count). The predicted octanol–water partition coefficient (Wildman–Crippen LogP) is 2.45. The highest BCUT2D eigenvalue weighted by atomic mass is 19.1. The van der Waals surface area contributed by atoms with Crippen molar-refractivity contribution >= 4 is 5.91 Å². The van der Waals surface area contributed by atoms with Crippen LogP contribution in [0.4, 0.5) is 4.39 Å². The van der Waals surface area contributed by atoms with Gasteiger partial charge >= 0.3 is 0 Å². The van der Waals surface area contributed by atoms with Gasteiger partial charge in [0.15, 0.2) is 6.61 Å². The number of ether oxygens (including phenoxy) is 1. The molecule has 0 saturated heterocycles. The van der Waals surface area contributed by atoms with E-state index in [1.807, 2.05) is 30.3 Å².